The summed E-state index contributed by atoms with van der Waals surface area (Å²) in [6.45, 7) is 7.05. The van der Waals surface area contributed by atoms with Crippen LogP contribution in [0.1, 0.15) is 45.2 Å². The zero-order valence-corrected chi connectivity index (χ0v) is 14.5. The number of carbonyl (C=O) groups excluding carboxylic acids is 2. The summed E-state index contributed by atoms with van der Waals surface area (Å²) in [6, 6.07) is 15.1. The molecule has 0 aromatic heterocycles. The minimum atomic E-state index is -0.331. The van der Waals surface area contributed by atoms with Gasteiger partial charge in [0.05, 0.1) is 0 Å². The predicted molar refractivity (Wildman–Crippen MR) is 92.2 cm³/mol. The van der Waals surface area contributed by atoms with Crippen LogP contribution in [0.3, 0.4) is 0 Å². The molecule has 4 nitrogen and oxygen atoms in total. The van der Waals surface area contributed by atoms with E-state index in [1.807, 2.05) is 24.3 Å². The molecular formula is C20H22O4. The molecule has 24 heavy (non-hydrogen) atoms. The van der Waals surface area contributed by atoms with Gasteiger partial charge in [-0.1, -0.05) is 38.1 Å². The van der Waals surface area contributed by atoms with Crippen LogP contribution in [0.2, 0.25) is 0 Å². The molecule has 0 fully saturated rings. The molecule has 126 valence electrons. The molecule has 0 heterocycles. The van der Waals surface area contributed by atoms with Crippen molar-refractivity contribution in [2.45, 2.75) is 39.5 Å². The molecule has 4 heteroatoms. The minimum absolute atomic E-state index is 0.191. The highest BCUT2D eigenvalue weighted by Gasteiger charge is 2.27. The molecule has 0 spiro atoms. The van der Waals surface area contributed by atoms with Crippen LogP contribution in [-0.4, -0.2) is 11.9 Å². The Kier molecular flexibility index (Phi) is 5.39. The second-order valence-electron chi connectivity index (χ2n) is 5.92. The zero-order chi connectivity index (χ0) is 17.7. The van der Waals surface area contributed by atoms with Gasteiger partial charge < -0.3 is 9.47 Å². The fraction of sp³-hybridized carbons (Fsp3) is 0.300. The topological polar surface area (TPSA) is 52.6 Å². The highest BCUT2D eigenvalue weighted by molar-refractivity contribution is 5.69. The maximum Gasteiger partial charge on any atom is 0.308 e. The quantitative estimate of drug-likeness (QED) is 0.609. The molecule has 0 bridgehead atoms. The summed E-state index contributed by atoms with van der Waals surface area (Å²) in [4.78, 5) is 22.0. The third kappa shape index (κ3) is 4.02. The second kappa shape index (κ2) is 7.30. The van der Waals surface area contributed by atoms with Crippen LogP contribution in [-0.2, 0) is 15.0 Å². The van der Waals surface area contributed by atoms with Crippen LogP contribution in [0, 0.1) is 0 Å². The number of hydrogen-bond donors (Lipinski definition) is 0. The molecule has 0 radical (unpaired) electrons. The van der Waals surface area contributed by atoms with Crippen LogP contribution in [0.15, 0.2) is 48.5 Å². The Balaban J connectivity index is 2.30. The first-order chi connectivity index (χ1) is 11.3. The number of carbonyl (C=O) groups is 2. The van der Waals surface area contributed by atoms with Crippen molar-refractivity contribution in [3.63, 3.8) is 0 Å². The van der Waals surface area contributed by atoms with Gasteiger partial charge >= 0.3 is 11.9 Å². The molecule has 0 atom stereocenters. The summed E-state index contributed by atoms with van der Waals surface area (Å²) in [5.74, 6) is 0.411. The van der Waals surface area contributed by atoms with Gasteiger partial charge in [-0.05, 0) is 41.8 Å². The van der Waals surface area contributed by atoms with Crippen LogP contribution in [0.4, 0.5) is 0 Å². The van der Waals surface area contributed by atoms with Gasteiger partial charge in [-0.3, -0.25) is 9.59 Å². The maximum atomic E-state index is 11.0. The maximum absolute atomic E-state index is 11.0. The molecule has 0 N–H and O–H groups in total. The van der Waals surface area contributed by atoms with Crippen molar-refractivity contribution in [3.05, 3.63) is 59.7 Å². The summed E-state index contributed by atoms with van der Waals surface area (Å²) < 4.78 is 10.2. The van der Waals surface area contributed by atoms with Gasteiger partial charge in [-0.2, -0.15) is 0 Å². The van der Waals surface area contributed by atoms with Gasteiger partial charge in [0.1, 0.15) is 11.5 Å². The first-order valence-electron chi connectivity index (χ1n) is 7.93. The number of benzene rings is 2. The van der Waals surface area contributed by atoms with Gasteiger partial charge in [0.2, 0.25) is 0 Å². The monoisotopic (exact) mass is 326 g/mol. The van der Waals surface area contributed by atoms with Gasteiger partial charge in [0.15, 0.2) is 0 Å². The highest BCUT2D eigenvalue weighted by atomic mass is 16.5. The molecule has 0 aliphatic rings. The fourth-order valence-electron chi connectivity index (χ4n) is 2.69. The van der Waals surface area contributed by atoms with Crippen molar-refractivity contribution in [1.29, 1.82) is 0 Å². The SMILES string of the molecule is CCC(C)(c1ccc(OC(C)=O)cc1)c1ccc(OC(C)=O)cc1. The van der Waals surface area contributed by atoms with Crippen molar-refractivity contribution in [2.24, 2.45) is 0 Å². The number of ether oxygens (including phenoxy) is 2. The number of rotatable bonds is 5. The van der Waals surface area contributed by atoms with Crippen LogP contribution in [0.5, 0.6) is 11.5 Å². The van der Waals surface area contributed by atoms with E-state index in [1.54, 1.807) is 24.3 Å². The Labute approximate surface area is 142 Å². The molecule has 2 aromatic carbocycles. The van der Waals surface area contributed by atoms with Crippen LogP contribution < -0.4 is 9.47 Å². The van der Waals surface area contributed by atoms with E-state index in [0.29, 0.717) is 11.5 Å². The number of hydrogen-bond acceptors (Lipinski definition) is 4. The fourth-order valence-corrected chi connectivity index (χ4v) is 2.69. The zero-order valence-electron chi connectivity index (χ0n) is 14.5. The standard InChI is InChI=1S/C20H22O4/c1-5-20(4,16-6-10-18(11-7-16)23-14(2)21)17-8-12-19(13-9-17)24-15(3)22/h6-13H,5H2,1-4H3. The molecule has 0 amide bonds. The third-order valence-electron chi connectivity index (χ3n) is 4.21. The lowest BCUT2D eigenvalue weighted by Gasteiger charge is -2.30. The molecular weight excluding hydrogens is 304 g/mol. The van der Waals surface area contributed by atoms with E-state index in [1.165, 1.54) is 13.8 Å². The Bertz CT molecular complexity index is 655. The molecule has 0 saturated carbocycles. The highest BCUT2D eigenvalue weighted by Crippen LogP contribution is 2.36. The van der Waals surface area contributed by atoms with Gasteiger partial charge in [-0.25, -0.2) is 0 Å². The second-order valence-corrected chi connectivity index (χ2v) is 5.92. The summed E-state index contributed by atoms with van der Waals surface area (Å²) in [5, 5.41) is 0. The Hall–Kier alpha value is -2.62. The molecule has 0 aliphatic carbocycles. The van der Waals surface area contributed by atoms with E-state index in [4.69, 9.17) is 9.47 Å². The smallest absolute Gasteiger partial charge is 0.308 e. The average Bonchev–Trinajstić information content (AvgIpc) is 2.54. The minimum Gasteiger partial charge on any atom is -0.427 e. The largest absolute Gasteiger partial charge is 0.427 e. The van der Waals surface area contributed by atoms with Crippen molar-refractivity contribution in [2.75, 3.05) is 0 Å². The van der Waals surface area contributed by atoms with Gasteiger partial charge in [0.25, 0.3) is 0 Å². The Morgan fingerprint density at radius 1 is 0.792 bits per heavy atom. The summed E-state index contributed by atoms with van der Waals surface area (Å²) >= 11 is 0. The van der Waals surface area contributed by atoms with Crippen molar-refractivity contribution < 1.29 is 19.1 Å². The summed E-state index contributed by atoms with van der Waals surface area (Å²) in [6.07, 6.45) is 0.896. The predicted octanol–water partition coefficient (Wildman–Crippen LogP) is 4.25. The molecule has 2 aromatic rings. The van der Waals surface area contributed by atoms with Crippen molar-refractivity contribution in [1.82, 2.24) is 0 Å². The molecule has 0 unspecified atom stereocenters. The molecule has 0 aliphatic heterocycles. The van der Waals surface area contributed by atoms with E-state index in [0.717, 1.165) is 17.5 Å². The molecule has 0 saturated heterocycles. The van der Waals surface area contributed by atoms with E-state index < -0.39 is 0 Å². The summed E-state index contributed by atoms with van der Waals surface area (Å²) in [7, 11) is 0. The van der Waals surface area contributed by atoms with Crippen LogP contribution >= 0.6 is 0 Å². The van der Waals surface area contributed by atoms with Crippen LogP contribution in [0.25, 0.3) is 0 Å². The first-order valence-corrected chi connectivity index (χ1v) is 7.93. The van der Waals surface area contributed by atoms with Crippen molar-refractivity contribution in [3.8, 4) is 11.5 Å². The Morgan fingerprint density at radius 3 is 1.38 bits per heavy atom. The van der Waals surface area contributed by atoms with E-state index in [-0.39, 0.29) is 17.4 Å². The normalized spacial score (nSPS) is 11.0. The average molecular weight is 326 g/mol. The van der Waals surface area contributed by atoms with Gasteiger partial charge in [-0.15, -0.1) is 0 Å². The first kappa shape index (κ1) is 17.7. The third-order valence-corrected chi connectivity index (χ3v) is 4.21. The lowest BCUT2D eigenvalue weighted by atomic mass is 9.74. The summed E-state index contributed by atoms with van der Waals surface area (Å²) in [5.41, 5.74) is 2.06. The number of esters is 2. The van der Waals surface area contributed by atoms with E-state index >= 15 is 0 Å². The van der Waals surface area contributed by atoms with Crippen molar-refractivity contribution >= 4 is 11.9 Å². The lowest BCUT2D eigenvalue weighted by molar-refractivity contribution is -0.132. The Morgan fingerprint density at radius 2 is 1.12 bits per heavy atom. The van der Waals surface area contributed by atoms with Gasteiger partial charge in [0, 0.05) is 19.3 Å². The molecule has 2 rings (SSSR count). The lowest BCUT2D eigenvalue weighted by Crippen LogP contribution is -2.22. The van der Waals surface area contributed by atoms with E-state index in [2.05, 4.69) is 13.8 Å². The van der Waals surface area contributed by atoms with E-state index in [9.17, 15) is 9.59 Å².